The predicted molar refractivity (Wildman–Crippen MR) is 140 cm³/mol. The number of anilines is 1. The molecule has 0 aliphatic heterocycles. The number of nitrogens with zero attached hydrogens (tertiary/aromatic N) is 5. The van der Waals surface area contributed by atoms with Gasteiger partial charge in [-0.05, 0) is 44.5 Å². The Morgan fingerprint density at radius 2 is 2.00 bits per heavy atom. The molecule has 200 valence electrons. The number of halogens is 2. The van der Waals surface area contributed by atoms with Crippen molar-refractivity contribution < 1.29 is 19.0 Å². The van der Waals surface area contributed by atoms with Crippen LogP contribution < -0.4 is 20.9 Å². The van der Waals surface area contributed by atoms with Gasteiger partial charge in [0.1, 0.15) is 29.5 Å². The molecule has 0 saturated carbocycles. The van der Waals surface area contributed by atoms with E-state index in [0.29, 0.717) is 27.8 Å². The number of benzene rings is 1. The Morgan fingerprint density at radius 3 is 2.68 bits per heavy atom. The van der Waals surface area contributed by atoms with E-state index in [1.807, 2.05) is 13.8 Å². The third-order valence-electron chi connectivity index (χ3n) is 5.82. The number of aliphatic hydroxyl groups excluding tert-OH is 1. The number of ether oxygens (including phenoxy) is 1. The minimum atomic E-state index is -0.993. The number of methoxy groups -OCH3 is 1. The van der Waals surface area contributed by atoms with E-state index in [2.05, 4.69) is 25.7 Å². The number of carbonyl (C=O) groups excluding carboxylic acids is 1. The van der Waals surface area contributed by atoms with Crippen molar-refractivity contribution in [3.05, 3.63) is 69.7 Å². The maximum absolute atomic E-state index is 14.0. The summed E-state index contributed by atoms with van der Waals surface area (Å²) in [6, 6.07) is 3.66. The third-order valence-corrected chi connectivity index (χ3v) is 6.09. The molecule has 13 heteroatoms. The monoisotopic (exact) mass is 543 g/mol. The van der Waals surface area contributed by atoms with Crippen LogP contribution in [-0.4, -0.2) is 54.9 Å². The molecule has 0 saturated heterocycles. The molecule has 3 heterocycles. The van der Waals surface area contributed by atoms with Gasteiger partial charge in [-0.25, -0.2) is 18.9 Å². The average Bonchev–Trinajstić information content (AvgIpc) is 3.32. The summed E-state index contributed by atoms with van der Waals surface area (Å²) in [6.07, 6.45) is 4.33. The molecule has 0 unspecified atom stereocenters. The molecule has 0 aliphatic rings. The summed E-state index contributed by atoms with van der Waals surface area (Å²) in [4.78, 5) is 34.9. The summed E-state index contributed by atoms with van der Waals surface area (Å²) in [5.41, 5.74) is 0.999. The summed E-state index contributed by atoms with van der Waals surface area (Å²) in [5.74, 6) is -0.521. The van der Waals surface area contributed by atoms with Crippen molar-refractivity contribution in [2.45, 2.75) is 38.9 Å². The summed E-state index contributed by atoms with van der Waals surface area (Å²) in [7, 11) is 1.38. The number of aliphatic hydroxyl groups is 1. The topological polar surface area (TPSA) is 136 Å². The Bertz CT molecular complexity index is 1540. The summed E-state index contributed by atoms with van der Waals surface area (Å²) >= 11 is 6.33. The van der Waals surface area contributed by atoms with Crippen molar-refractivity contribution in [3.8, 4) is 17.0 Å². The second-order valence-corrected chi connectivity index (χ2v) is 9.34. The maximum atomic E-state index is 14.0. The number of nitrogens with one attached hydrogen (secondary N) is 2. The van der Waals surface area contributed by atoms with Gasteiger partial charge >= 0.3 is 0 Å². The number of aromatic nitrogens is 5. The third kappa shape index (κ3) is 5.60. The fourth-order valence-electron chi connectivity index (χ4n) is 3.86. The van der Waals surface area contributed by atoms with Crippen LogP contribution in [0.25, 0.3) is 16.8 Å². The van der Waals surface area contributed by atoms with Crippen molar-refractivity contribution in [3.63, 3.8) is 0 Å². The van der Waals surface area contributed by atoms with E-state index in [1.165, 1.54) is 53.8 Å². The van der Waals surface area contributed by atoms with Crippen LogP contribution in [0.1, 0.15) is 38.4 Å². The van der Waals surface area contributed by atoms with E-state index in [4.69, 9.17) is 16.3 Å². The van der Waals surface area contributed by atoms with Gasteiger partial charge in [-0.15, -0.1) is 0 Å². The van der Waals surface area contributed by atoms with Crippen LogP contribution in [0.4, 0.5) is 10.3 Å². The van der Waals surface area contributed by atoms with Crippen molar-refractivity contribution in [1.29, 1.82) is 0 Å². The highest BCUT2D eigenvalue weighted by molar-refractivity contribution is 6.32. The molecule has 0 aliphatic carbocycles. The van der Waals surface area contributed by atoms with E-state index in [1.54, 1.807) is 12.3 Å². The molecule has 3 N–H and O–H groups in total. The van der Waals surface area contributed by atoms with Gasteiger partial charge in [0.05, 0.1) is 36.7 Å². The van der Waals surface area contributed by atoms with Crippen LogP contribution in [0.15, 0.2) is 47.8 Å². The lowest BCUT2D eigenvalue weighted by Gasteiger charge is -2.21. The van der Waals surface area contributed by atoms with Gasteiger partial charge in [-0.3, -0.25) is 14.2 Å². The quantitative estimate of drug-likeness (QED) is 0.293. The molecule has 11 nitrogen and oxygen atoms in total. The van der Waals surface area contributed by atoms with Crippen LogP contribution >= 0.6 is 11.6 Å². The Hall–Kier alpha value is -4.03. The van der Waals surface area contributed by atoms with E-state index < -0.39 is 36.0 Å². The molecule has 4 rings (SSSR count). The second kappa shape index (κ2) is 11.2. The van der Waals surface area contributed by atoms with Crippen molar-refractivity contribution in [2.24, 2.45) is 0 Å². The molecule has 0 bridgehead atoms. The van der Waals surface area contributed by atoms with Crippen LogP contribution in [0.3, 0.4) is 0 Å². The van der Waals surface area contributed by atoms with Crippen LogP contribution in [0, 0.1) is 5.82 Å². The Kier molecular flexibility index (Phi) is 7.93. The fraction of sp³-hybridized carbons (Fsp3) is 0.320. The van der Waals surface area contributed by atoms with Crippen LogP contribution in [-0.2, 0) is 4.79 Å². The van der Waals surface area contributed by atoms with E-state index >= 15 is 0 Å². The van der Waals surface area contributed by atoms with Gasteiger partial charge in [0, 0.05) is 23.9 Å². The SMILES string of the molecule is COc1cc(F)cc([C@@H](CO)NC(=O)[C@@H](C)n2cnn3cc(-c4nc(NC(C)C)ncc4Cl)cc3c2=O)c1. The molecule has 38 heavy (non-hydrogen) atoms. The van der Waals surface area contributed by atoms with Gasteiger partial charge in [-0.2, -0.15) is 5.10 Å². The van der Waals surface area contributed by atoms with Crippen LogP contribution in [0.5, 0.6) is 5.75 Å². The molecule has 1 amide bonds. The van der Waals surface area contributed by atoms with Crippen molar-refractivity contribution in [1.82, 2.24) is 29.5 Å². The van der Waals surface area contributed by atoms with Gasteiger partial charge in [0.15, 0.2) is 0 Å². The molecule has 0 fully saturated rings. The minimum Gasteiger partial charge on any atom is -0.497 e. The zero-order valence-electron chi connectivity index (χ0n) is 21.1. The number of amides is 1. The van der Waals surface area contributed by atoms with Gasteiger partial charge in [-0.1, -0.05) is 11.6 Å². The lowest BCUT2D eigenvalue weighted by Crippen LogP contribution is -2.39. The van der Waals surface area contributed by atoms with Crippen molar-refractivity contribution in [2.75, 3.05) is 19.0 Å². The zero-order valence-corrected chi connectivity index (χ0v) is 21.9. The Labute approximate surface area is 222 Å². The molecular weight excluding hydrogens is 517 g/mol. The molecule has 4 aromatic rings. The van der Waals surface area contributed by atoms with Gasteiger partial charge in [0.2, 0.25) is 11.9 Å². The molecule has 3 aromatic heterocycles. The number of hydrogen-bond acceptors (Lipinski definition) is 8. The zero-order chi connectivity index (χ0) is 27.6. The van der Waals surface area contributed by atoms with Gasteiger partial charge < -0.3 is 20.5 Å². The van der Waals surface area contributed by atoms with Gasteiger partial charge in [0.25, 0.3) is 5.56 Å². The first-order valence-electron chi connectivity index (χ1n) is 11.8. The lowest BCUT2D eigenvalue weighted by molar-refractivity contribution is -0.125. The standard InChI is InChI=1S/C25H27ClFN7O4/c1-13(2)30-25-28-9-19(26)22(32-25)16-7-21-24(37)33(12-29-34(21)10-16)14(3)23(36)31-20(11-35)15-5-17(27)8-18(6-15)38-4/h5-10,12-14,20,35H,11H2,1-4H3,(H,31,36)(H,28,30,32)/t14-,20-/m1/s1. The Balaban J connectivity index is 1.62. The van der Waals surface area contributed by atoms with E-state index in [-0.39, 0.29) is 17.3 Å². The Morgan fingerprint density at radius 1 is 1.24 bits per heavy atom. The largest absolute Gasteiger partial charge is 0.497 e. The first kappa shape index (κ1) is 27.0. The summed E-state index contributed by atoms with van der Waals surface area (Å²) in [5, 5.41) is 20.2. The van der Waals surface area contributed by atoms with Crippen LogP contribution in [0.2, 0.25) is 5.02 Å². The lowest BCUT2D eigenvalue weighted by atomic mass is 10.1. The number of rotatable bonds is 9. The second-order valence-electron chi connectivity index (χ2n) is 8.94. The minimum absolute atomic E-state index is 0.104. The molecular formula is C25H27ClFN7O4. The smallest absolute Gasteiger partial charge is 0.278 e. The number of hydrogen-bond donors (Lipinski definition) is 3. The molecule has 0 radical (unpaired) electrons. The average molecular weight is 544 g/mol. The number of fused-ring (bicyclic) bond motifs is 1. The summed E-state index contributed by atoms with van der Waals surface area (Å²) in [6.45, 7) is 4.93. The summed E-state index contributed by atoms with van der Waals surface area (Å²) < 4.78 is 21.6. The van der Waals surface area contributed by atoms with E-state index in [9.17, 15) is 19.1 Å². The molecule has 1 aromatic carbocycles. The van der Waals surface area contributed by atoms with Crippen molar-refractivity contribution >= 4 is 29.0 Å². The predicted octanol–water partition coefficient (Wildman–Crippen LogP) is 2.99. The number of carbonyl (C=O) groups is 1. The first-order chi connectivity index (χ1) is 18.1. The molecule has 2 atom stereocenters. The highest BCUT2D eigenvalue weighted by atomic mass is 35.5. The van der Waals surface area contributed by atoms with E-state index in [0.717, 1.165) is 0 Å². The molecule has 0 spiro atoms. The maximum Gasteiger partial charge on any atom is 0.278 e. The fourth-order valence-corrected chi connectivity index (χ4v) is 4.06. The highest BCUT2D eigenvalue weighted by Crippen LogP contribution is 2.27. The normalized spacial score (nSPS) is 12.9. The highest BCUT2D eigenvalue weighted by Gasteiger charge is 2.23. The first-order valence-corrected chi connectivity index (χ1v) is 12.1.